The zero-order valence-corrected chi connectivity index (χ0v) is 10.5. The molecule has 0 atom stereocenters. The first-order valence-corrected chi connectivity index (χ1v) is 5.95. The van der Waals surface area contributed by atoms with Gasteiger partial charge in [0.25, 0.3) is 0 Å². The zero-order valence-electron chi connectivity index (χ0n) is 8.99. The number of carbonyl (C=O) groups excluding carboxylic acids is 1. The first kappa shape index (κ1) is 12.2. The zero-order chi connectivity index (χ0) is 12.3. The fourth-order valence-electron chi connectivity index (χ4n) is 1.65. The molecular formula is C14H10Cl2O. The number of hydrogen-bond donors (Lipinski definition) is 0. The lowest BCUT2D eigenvalue weighted by atomic mass is 10.0. The van der Waals surface area contributed by atoms with E-state index >= 15 is 0 Å². The van der Waals surface area contributed by atoms with Crippen molar-refractivity contribution < 1.29 is 4.79 Å². The Kier molecular flexibility index (Phi) is 3.82. The van der Waals surface area contributed by atoms with Crippen LogP contribution in [0, 0.1) is 0 Å². The molecule has 86 valence electrons. The molecule has 0 spiro atoms. The van der Waals surface area contributed by atoms with Crippen LogP contribution in [0.25, 0.3) is 10.8 Å². The average molecular weight is 265 g/mol. The van der Waals surface area contributed by atoms with Gasteiger partial charge in [0.1, 0.15) is 4.49 Å². The monoisotopic (exact) mass is 264 g/mol. The summed E-state index contributed by atoms with van der Waals surface area (Å²) in [6.07, 6.45) is 1.72. The van der Waals surface area contributed by atoms with Crippen molar-refractivity contribution in [3.63, 3.8) is 0 Å². The molecule has 17 heavy (non-hydrogen) atoms. The van der Waals surface area contributed by atoms with Crippen LogP contribution in [-0.2, 0) is 0 Å². The van der Waals surface area contributed by atoms with E-state index in [2.05, 4.69) is 0 Å². The Morgan fingerprint density at radius 1 is 1.06 bits per heavy atom. The quantitative estimate of drug-likeness (QED) is 0.733. The van der Waals surface area contributed by atoms with Crippen LogP contribution in [0.4, 0.5) is 0 Å². The SMILES string of the molecule is O=C(CC=C(Cl)Cl)c1ccc2ccccc2c1. The number of halogens is 2. The van der Waals surface area contributed by atoms with E-state index in [1.165, 1.54) is 6.08 Å². The third kappa shape index (κ3) is 3.09. The summed E-state index contributed by atoms with van der Waals surface area (Å²) in [4.78, 5) is 11.8. The second-order valence-electron chi connectivity index (χ2n) is 3.68. The van der Waals surface area contributed by atoms with Crippen molar-refractivity contribution in [3.8, 4) is 0 Å². The van der Waals surface area contributed by atoms with Crippen molar-refractivity contribution in [3.05, 3.63) is 58.6 Å². The Bertz CT molecular complexity index is 584. The molecule has 0 radical (unpaired) electrons. The lowest BCUT2D eigenvalue weighted by Gasteiger charge is -2.01. The third-order valence-corrected chi connectivity index (χ3v) is 2.82. The third-order valence-electron chi connectivity index (χ3n) is 2.51. The number of ketones is 1. The van der Waals surface area contributed by atoms with E-state index in [-0.39, 0.29) is 16.7 Å². The standard InChI is InChI=1S/C14H10Cl2O/c15-14(16)8-7-13(17)12-6-5-10-3-1-2-4-11(10)9-12/h1-6,8-9H,7H2. The Labute approximate surface area is 110 Å². The maximum absolute atomic E-state index is 11.8. The molecule has 0 saturated carbocycles. The van der Waals surface area contributed by atoms with Crippen LogP contribution >= 0.6 is 23.2 Å². The summed E-state index contributed by atoms with van der Waals surface area (Å²) >= 11 is 11.0. The molecule has 0 fully saturated rings. The van der Waals surface area contributed by atoms with Gasteiger partial charge in [-0.05, 0) is 22.9 Å². The smallest absolute Gasteiger partial charge is 0.166 e. The van der Waals surface area contributed by atoms with Crippen LogP contribution in [0.5, 0.6) is 0 Å². The van der Waals surface area contributed by atoms with E-state index in [0.29, 0.717) is 5.56 Å². The Morgan fingerprint density at radius 3 is 2.47 bits per heavy atom. The molecule has 2 aromatic rings. The van der Waals surface area contributed by atoms with Gasteiger partial charge < -0.3 is 0 Å². The van der Waals surface area contributed by atoms with Gasteiger partial charge in [-0.25, -0.2) is 0 Å². The number of benzene rings is 2. The molecule has 1 nitrogen and oxygen atoms in total. The van der Waals surface area contributed by atoms with Crippen LogP contribution in [0.3, 0.4) is 0 Å². The number of rotatable bonds is 3. The van der Waals surface area contributed by atoms with Crippen molar-refractivity contribution in [1.82, 2.24) is 0 Å². The van der Waals surface area contributed by atoms with E-state index in [0.717, 1.165) is 10.8 Å². The largest absolute Gasteiger partial charge is 0.294 e. The summed E-state index contributed by atoms with van der Waals surface area (Å²) < 4.78 is 0.124. The number of hydrogen-bond acceptors (Lipinski definition) is 1. The van der Waals surface area contributed by atoms with Gasteiger partial charge in [-0.1, -0.05) is 59.6 Å². The summed E-state index contributed by atoms with van der Waals surface area (Å²) in [5.74, 6) is 0.00885. The van der Waals surface area contributed by atoms with Gasteiger partial charge in [-0.15, -0.1) is 0 Å². The minimum absolute atomic E-state index is 0.00885. The van der Waals surface area contributed by atoms with Crippen molar-refractivity contribution in [2.24, 2.45) is 0 Å². The topological polar surface area (TPSA) is 17.1 Å². The van der Waals surface area contributed by atoms with Gasteiger partial charge in [-0.3, -0.25) is 4.79 Å². The minimum atomic E-state index is 0.00885. The van der Waals surface area contributed by atoms with Gasteiger partial charge in [0, 0.05) is 12.0 Å². The second kappa shape index (κ2) is 5.35. The van der Waals surface area contributed by atoms with Gasteiger partial charge in [0.2, 0.25) is 0 Å². The maximum atomic E-state index is 11.8. The van der Waals surface area contributed by atoms with Gasteiger partial charge in [0.15, 0.2) is 5.78 Å². The summed E-state index contributed by atoms with van der Waals surface area (Å²) in [6, 6.07) is 13.6. The summed E-state index contributed by atoms with van der Waals surface area (Å²) in [6.45, 7) is 0. The predicted octanol–water partition coefficient (Wildman–Crippen LogP) is 4.73. The highest BCUT2D eigenvalue weighted by Crippen LogP contribution is 2.17. The summed E-state index contributed by atoms with van der Waals surface area (Å²) in [7, 11) is 0. The van der Waals surface area contributed by atoms with Crippen LogP contribution in [0.2, 0.25) is 0 Å². The second-order valence-corrected chi connectivity index (χ2v) is 4.69. The van der Waals surface area contributed by atoms with Gasteiger partial charge in [0.05, 0.1) is 0 Å². The van der Waals surface area contributed by atoms with Crippen molar-refractivity contribution in [2.45, 2.75) is 6.42 Å². The van der Waals surface area contributed by atoms with Crippen LogP contribution in [0.15, 0.2) is 53.0 Å². The first-order valence-electron chi connectivity index (χ1n) is 5.20. The Morgan fingerprint density at radius 2 is 1.76 bits per heavy atom. The maximum Gasteiger partial charge on any atom is 0.166 e. The lowest BCUT2D eigenvalue weighted by molar-refractivity contribution is 0.0996. The molecule has 0 heterocycles. The highest BCUT2D eigenvalue weighted by Gasteiger charge is 2.05. The van der Waals surface area contributed by atoms with Crippen molar-refractivity contribution >= 4 is 39.8 Å². The molecule has 0 saturated heterocycles. The average Bonchev–Trinajstić information content (AvgIpc) is 2.35. The fourth-order valence-corrected chi connectivity index (χ4v) is 1.80. The molecule has 0 aliphatic rings. The first-order chi connectivity index (χ1) is 8.16. The molecule has 0 amide bonds. The predicted molar refractivity (Wildman–Crippen MR) is 72.7 cm³/mol. The number of Topliss-reactive ketones (excluding diaryl/α,β-unsaturated/α-hetero) is 1. The van der Waals surface area contributed by atoms with Crippen molar-refractivity contribution in [1.29, 1.82) is 0 Å². The van der Waals surface area contributed by atoms with Crippen molar-refractivity contribution in [2.75, 3.05) is 0 Å². The molecular weight excluding hydrogens is 255 g/mol. The summed E-state index contributed by atoms with van der Waals surface area (Å²) in [5, 5.41) is 2.18. The highest BCUT2D eigenvalue weighted by molar-refractivity contribution is 6.55. The molecule has 2 rings (SSSR count). The van der Waals surface area contributed by atoms with Gasteiger partial charge >= 0.3 is 0 Å². The van der Waals surface area contributed by atoms with E-state index in [9.17, 15) is 4.79 Å². The number of fused-ring (bicyclic) bond motifs is 1. The molecule has 0 bridgehead atoms. The highest BCUT2D eigenvalue weighted by atomic mass is 35.5. The molecule has 2 aromatic carbocycles. The molecule has 0 aliphatic heterocycles. The van der Waals surface area contributed by atoms with E-state index in [4.69, 9.17) is 23.2 Å². The Balaban J connectivity index is 2.30. The minimum Gasteiger partial charge on any atom is -0.294 e. The molecule has 0 aromatic heterocycles. The van der Waals surface area contributed by atoms with E-state index < -0.39 is 0 Å². The van der Waals surface area contributed by atoms with Gasteiger partial charge in [-0.2, -0.15) is 0 Å². The summed E-state index contributed by atoms with van der Waals surface area (Å²) in [5.41, 5.74) is 0.675. The lowest BCUT2D eigenvalue weighted by Crippen LogP contribution is -1.96. The fraction of sp³-hybridized carbons (Fsp3) is 0.0714. The molecule has 3 heteroatoms. The number of allylic oxidation sites excluding steroid dienone is 1. The molecule has 0 N–H and O–H groups in total. The Hall–Kier alpha value is -1.31. The van der Waals surface area contributed by atoms with Crippen LogP contribution in [-0.4, -0.2) is 5.78 Å². The van der Waals surface area contributed by atoms with E-state index in [1.54, 1.807) is 0 Å². The molecule has 0 aliphatic carbocycles. The normalized spacial score (nSPS) is 10.2. The van der Waals surface area contributed by atoms with E-state index in [1.807, 2.05) is 42.5 Å². The number of carbonyl (C=O) groups is 1. The molecule has 0 unspecified atom stereocenters. The van der Waals surface area contributed by atoms with Crippen LogP contribution in [0.1, 0.15) is 16.8 Å². The van der Waals surface area contributed by atoms with Crippen LogP contribution < -0.4 is 0 Å².